The number of esters is 1. The zero-order chi connectivity index (χ0) is 18.8. The summed E-state index contributed by atoms with van der Waals surface area (Å²) < 4.78 is 11.1. The lowest BCUT2D eigenvalue weighted by atomic mass is 10.1. The van der Waals surface area contributed by atoms with Crippen molar-refractivity contribution >= 4 is 27.8 Å². The highest BCUT2D eigenvalue weighted by Crippen LogP contribution is 2.17. The minimum Gasteiger partial charge on any atom is -0.482 e. The Balaban J connectivity index is 1.62. The van der Waals surface area contributed by atoms with E-state index in [0.29, 0.717) is 5.75 Å². The van der Waals surface area contributed by atoms with E-state index in [9.17, 15) is 9.59 Å². The first-order valence-corrected chi connectivity index (χ1v) is 9.19. The predicted molar refractivity (Wildman–Crippen MR) is 103 cm³/mol. The first-order valence-electron chi connectivity index (χ1n) is 8.40. The lowest BCUT2D eigenvalue weighted by Gasteiger charge is -2.14. The van der Waals surface area contributed by atoms with Crippen LogP contribution in [0.1, 0.15) is 18.9 Å². The standard InChI is InChI=1S/C20H22BrNO4/c1-15(10-11-16-6-3-2-4-7-16)22-19(23)13-26-20(24)14-25-18-9-5-8-17(21)12-18/h2-9,12,15H,10-11,13-14H2,1H3,(H,22,23)/t15-/m0/s1. The van der Waals surface area contributed by atoms with Gasteiger partial charge in [0, 0.05) is 10.5 Å². The molecule has 0 spiro atoms. The second kappa shape index (κ2) is 10.6. The lowest BCUT2D eigenvalue weighted by molar-refractivity contribution is -0.150. The van der Waals surface area contributed by atoms with E-state index < -0.39 is 5.97 Å². The molecule has 5 nitrogen and oxygen atoms in total. The molecule has 0 aliphatic carbocycles. The molecule has 2 aromatic carbocycles. The van der Waals surface area contributed by atoms with Crippen LogP contribution in [0.3, 0.4) is 0 Å². The number of carbonyl (C=O) groups is 2. The largest absolute Gasteiger partial charge is 0.482 e. The van der Waals surface area contributed by atoms with Crippen LogP contribution in [-0.2, 0) is 20.7 Å². The molecular formula is C20H22BrNO4. The third-order valence-corrected chi connectivity index (χ3v) is 4.13. The summed E-state index contributed by atoms with van der Waals surface area (Å²) in [6.45, 7) is 1.38. The lowest BCUT2D eigenvalue weighted by Crippen LogP contribution is -2.36. The summed E-state index contributed by atoms with van der Waals surface area (Å²) in [4.78, 5) is 23.5. The Morgan fingerprint density at radius 1 is 1.08 bits per heavy atom. The SMILES string of the molecule is C[C@@H](CCc1ccccc1)NC(=O)COC(=O)COc1cccc(Br)c1. The van der Waals surface area contributed by atoms with Crippen LogP contribution in [0.2, 0.25) is 0 Å². The maximum Gasteiger partial charge on any atom is 0.344 e. The fourth-order valence-electron chi connectivity index (χ4n) is 2.30. The van der Waals surface area contributed by atoms with Crippen LogP contribution in [0.15, 0.2) is 59.1 Å². The van der Waals surface area contributed by atoms with Gasteiger partial charge in [0.15, 0.2) is 13.2 Å². The molecule has 0 saturated heterocycles. The molecule has 0 aliphatic rings. The molecule has 0 radical (unpaired) electrons. The maximum atomic E-state index is 11.9. The van der Waals surface area contributed by atoms with Crippen LogP contribution in [0.4, 0.5) is 0 Å². The summed E-state index contributed by atoms with van der Waals surface area (Å²) in [5.41, 5.74) is 1.23. The molecule has 138 valence electrons. The number of ether oxygens (including phenoxy) is 2. The fraction of sp³-hybridized carbons (Fsp3) is 0.300. The molecule has 2 aromatic rings. The van der Waals surface area contributed by atoms with Gasteiger partial charge in [-0.2, -0.15) is 0 Å². The highest BCUT2D eigenvalue weighted by atomic mass is 79.9. The monoisotopic (exact) mass is 419 g/mol. The van der Waals surface area contributed by atoms with Crippen molar-refractivity contribution in [3.05, 3.63) is 64.6 Å². The summed E-state index contributed by atoms with van der Waals surface area (Å²) in [5, 5.41) is 2.82. The third kappa shape index (κ3) is 7.70. The van der Waals surface area contributed by atoms with Gasteiger partial charge in [0.2, 0.25) is 0 Å². The normalized spacial score (nSPS) is 11.5. The Bertz CT molecular complexity index is 721. The Kier molecular flexibility index (Phi) is 8.15. The number of carbonyl (C=O) groups excluding carboxylic acids is 2. The summed E-state index contributed by atoms with van der Waals surface area (Å²) >= 11 is 3.32. The van der Waals surface area contributed by atoms with Crippen LogP contribution in [-0.4, -0.2) is 31.1 Å². The minimum atomic E-state index is -0.586. The summed E-state index contributed by atoms with van der Waals surface area (Å²) in [5.74, 6) is -0.353. The van der Waals surface area contributed by atoms with Gasteiger partial charge in [-0.25, -0.2) is 4.79 Å². The highest BCUT2D eigenvalue weighted by molar-refractivity contribution is 9.10. The summed E-state index contributed by atoms with van der Waals surface area (Å²) in [7, 11) is 0. The van der Waals surface area contributed by atoms with E-state index in [1.165, 1.54) is 5.56 Å². The van der Waals surface area contributed by atoms with E-state index >= 15 is 0 Å². The van der Waals surface area contributed by atoms with Gasteiger partial charge in [0.1, 0.15) is 5.75 Å². The molecule has 0 aliphatic heterocycles. The van der Waals surface area contributed by atoms with E-state index in [2.05, 4.69) is 33.4 Å². The predicted octanol–water partition coefficient (Wildman–Crippen LogP) is 3.51. The average molecular weight is 420 g/mol. The minimum absolute atomic E-state index is 0.000623. The summed E-state index contributed by atoms with van der Waals surface area (Å²) in [6, 6.07) is 17.2. The van der Waals surface area contributed by atoms with E-state index in [1.54, 1.807) is 18.2 Å². The van der Waals surface area contributed by atoms with Crippen LogP contribution in [0.25, 0.3) is 0 Å². The zero-order valence-electron chi connectivity index (χ0n) is 14.6. The summed E-state index contributed by atoms with van der Waals surface area (Å²) in [6.07, 6.45) is 1.69. The van der Waals surface area contributed by atoms with Gasteiger partial charge in [-0.3, -0.25) is 4.79 Å². The molecule has 0 fully saturated rings. The van der Waals surface area contributed by atoms with Gasteiger partial charge in [-0.1, -0.05) is 52.3 Å². The van der Waals surface area contributed by atoms with Gasteiger partial charge in [-0.15, -0.1) is 0 Å². The van der Waals surface area contributed by atoms with Crippen LogP contribution in [0, 0.1) is 0 Å². The van der Waals surface area contributed by atoms with Gasteiger partial charge in [-0.05, 0) is 43.5 Å². The number of nitrogens with one attached hydrogen (secondary N) is 1. The quantitative estimate of drug-likeness (QED) is 0.631. The molecule has 0 aromatic heterocycles. The Morgan fingerprint density at radius 3 is 2.58 bits per heavy atom. The van der Waals surface area contributed by atoms with Crippen molar-refractivity contribution in [2.24, 2.45) is 0 Å². The van der Waals surface area contributed by atoms with Gasteiger partial charge >= 0.3 is 5.97 Å². The van der Waals surface area contributed by atoms with Crippen LogP contribution < -0.4 is 10.1 Å². The Morgan fingerprint density at radius 2 is 1.85 bits per heavy atom. The van der Waals surface area contributed by atoms with E-state index in [0.717, 1.165) is 17.3 Å². The smallest absolute Gasteiger partial charge is 0.344 e. The van der Waals surface area contributed by atoms with Crippen molar-refractivity contribution in [2.45, 2.75) is 25.8 Å². The number of halogens is 1. The second-order valence-electron chi connectivity index (χ2n) is 5.90. The fourth-order valence-corrected chi connectivity index (χ4v) is 2.68. The zero-order valence-corrected chi connectivity index (χ0v) is 16.2. The molecule has 0 saturated carbocycles. The number of hydrogen-bond acceptors (Lipinski definition) is 4. The molecule has 2 rings (SSSR count). The van der Waals surface area contributed by atoms with Gasteiger partial charge in [0.05, 0.1) is 0 Å². The average Bonchev–Trinajstić information content (AvgIpc) is 2.64. The number of rotatable bonds is 9. The highest BCUT2D eigenvalue weighted by Gasteiger charge is 2.11. The molecule has 1 N–H and O–H groups in total. The molecule has 1 amide bonds. The van der Waals surface area contributed by atoms with Crippen molar-refractivity contribution in [3.63, 3.8) is 0 Å². The molecule has 0 unspecified atom stereocenters. The van der Waals surface area contributed by atoms with Crippen molar-refractivity contribution < 1.29 is 19.1 Å². The Labute approximate surface area is 161 Å². The van der Waals surface area contributed by atoms with E-state index in [-0.39, 0.29) is 25.2 Å². The Hall–Kier alpha value is -2.34. The molecule has 0 bridgehead atoms. The van der Waals surface area contributed by atoms with Gasteiger partial charge in [0.25, 0.3) is 5.91 Å². The van der Waals surface area contributed by atoms with Crippen molar-refractivity contribution in [1.29, 1.82) is 0 Å². The second-order valence-corrected chi connectivity index (χ2v) is 6.82. The number of benzene rings is 2. The van der Waals surface area contributed by atoms with Crippen molar-refractivity contribution in [3.8, 4) is 5.75 Å². The number of aryl methyl sites for hydroxylation is 1. The van der Waals surface area contributed by atoms with E-state index in [4.69, 9.17) is 9.47 Å². The molecule has 6 heteroatoms. The maximum absolute atomic E-state index is 11.9. The van der Waals surface area contributed by atoms with E-state index in [1.807, 2.05) is 31.2 Å². The van der Waals surface area contributed by atoms with Gasteiger partial charge < -0.3 is 14.8 Å². The first kappa shape index (κ1) is 20.0. The number of amides is 1. The van der Waals surface area contributed by atoms with Crippen LogP contribution in [0.5, 0.6) is 5.75 Å². The van der Waals surface area contributed by atoms with Crippen molar-refractivity contribution in [2.75, 3.05) is 13.2 Å². The topological polar surface area (TPSA) is 64.6 Å². The third-order valence-electron chi connectivity index (χ3n) is 3.63. The molecular weight excluding hydrogens is 398 g/mol. The number of hydrogen-bond donors (Lipinski definition) is 1. The molecule has 1 atom stereocenters. The molecule has 0 heterocycles. The first-order chi connectivity index (χ1) is 12.5. The molecule has 26 heavy (non-hydrogen) atoms. The van der Waals surface area contributed by atoms with Crippen LogP contribution >= 0.6 is 15.9 Å². The van der Waals surface area contributed by atoms with Crippen molar-refractivity contribution in [1.82, 2.24) is 5.32 Å².